The van der Waals surface area contributed by atoms with Gasteiger partial charge in [-0.1, -0.05) is 12.1 Å². The minimum atomic E-state index is 0.695. The van der Waals surface area contributed by atoms with E-state index < -0.39 is 0 Å². The first-order chi connectivity index (χ1) is 15.3. The van der Waals surface area contributed by atoms with Crippen LogP contribution < -0.4 is 10.2 Å². The summed E-state index contributed by atoms with van der Waals surface area (Å²) in [5, 5.41) is 3.40. The van der Waals surface area contributed by atoms with Crippen LogP contribution in [0.1, 0.15) is 11.1 Å². The fraction of sp³-hybridized carbons (Fsp3) is 0.217. The van der Waals surface area contributed by atoms with Crippen molar-refractivity contribution < 1.29 is 4.74 Å². The van der Waals surface area contributed by atoms with Gasteiger partial charge in [0, 0.05) is 43.5 Å². The summed E-state index contributed by atoms with van der Waals surface area (Å²) in [4.78, 5) is 20.6. The lowest BCUT2D eigenvalue weighted by molar-refractivity contribution is 0.122. The topological polar surface area (TPSA) is 79.9 Å². The number of anilines is 3. The van der Waals surface area contributed by atoms with E-state index in [1.54, 1.807) is 6.20 Å². The molecule has 8 nitrogen and oxygen atoms in total. The Kier molecular flexibility index (Phi) is 4.35. The van der Waals surface area contributed by atoms with Crippen LogP contribution in [-0.4, -0.2) is 51.9 Å². The Bertz CT molecular complexity index is 1270. The lowest BCUT2D eigenvalue weighted by Gasteiger charge is -2.27. The molecule has 0 amide bonds. The van der Waals surface area contributed by atoms with E-state index in [-0.39, 0.29) is 0 Å². The number of aliphatic imine (C=N–C) groups is 1. The molecule has 2 aliphatic rings. The maximum absolute atomic E-state index is 5.42. The van der Waals surface area contributed by atoms with Crippen LogP contribution in [-0.2, 0) is 11.3 Å². The van der Waals surface area contributed by atoms with Gasteiger partial charge in [0.15, 0.2) is 11.5 Å². The second-order valence-corrected chi connectivity index (χ2v) is 7.65. The molecule has 0 radical (unpaired) electrons. The molecule has 6 rings (SSSR count). The highest BCUT2D eigenvalue weighted by molar-refractivity contribution is 5.86. The van der Waals surface area contributed by atoms with E-state index >= 15 is 0 Å². The van der Waals surface area contributed by atoms with Crippen LogP contribution in [0.5, 0.6) is 0 Å². The summed E-state index contributed by atoms with van der Waals surface area (Å²) >= 11 is 0. The number of nitrogens with zero attached hydrogens (tertiary/aromatic N) is 6. The summed E-state index contributed by atoms with van der Waals surface area (Å²) in [5.74, 6) is 1.65. The Morgan fingerprint density at radius 2 is 1.97 bits per heavy atom. The molecule has 5 heterocycles. The molecule has 1 fully saturated rings. The number of imidazole rings is 1. The highest BCUT2D eigenvalue weighted by Crippen LogP contribution is 2.27. The van der Waals surface area contributed by atoms with Gasteiger partial charge in [-0.05, 0) is 29.3 Å². The zero-order chi connectivity index (χ0) is 20.6. The lowest BCUT2D eigenvalue weighted by atomic mass is 10.0. The second kappa shape index (κ2) is 7.48. The molecule has 4 aromatic rings. The summed E-state index contributed by atoms with van der Waals surface area (Å²) < 4.78 is 7.41. The first-order valence-electron chi connectivity index (χ1n) is 10.4. The molecule has 154 valence electrons. The lowest BCUT2D eigenvalue weighted by Crippen LogP contribution is -2.36. The smallest absolute Gasteiger partial charge is 0.180 e. The number of hydrogen-bond acceptors (Lipinski definition) is 7. The molecule has 8 heteroatoms. The number of hydrogen-bond donors (Lipinski definition) is 1. The predicted molar refractivity (Wildman–Crippen MR) is 120 cm³/mol. The Morgan fingerprint density at radius 3 is 2.84 bits per heavy atom. The first kappa shape index (κ1) is 18.0. The minimum absolute atomic E-state index is 0.695. The Morgan fingerprint density at radius 1 is 1.03 bits per heavy atom. The Hall–Kier alpha value is -3.78. The number of aromatic nitrogens is 4. The number of nitrogens with one attached hydrogen (secondary N) is 1. The number of ether oxygens (including phenoxy) is 1. The highest BCUT2D eigenvalue weighted by Gasteiger charge is 2.14. The van der Waals surface area contributed by atoms with Crippen molar-refractivity contribution in [3.8, 4) is 11.3 Å². The van der Waals surface area contributed by atoms with Gasteiger partial charge in [-0.25, -0.2) is 15.0 Å². The van der Waals surface area contributed by atoms with Crippen LogP contribution in [0.4, 0.5) is 17.3 Å². The largest absolute Gasteiger partial charge is 0.378 e. The monoisotopic (exact) mass is 411 g/mol. The number of rotatable bonds is 4. The average molecular weight is 411 g/mol. The quantitative estimate of drug-likeness (QED) is 0.555. The molecular weight excluding hydrogens is 390 g/mol. The SMILES string of the molecule is C1=NCc2cc(-c3cn4ccnc4c(Nc4ccc(N5CCOCC5)nc4)n3)ccc21. The molecule has 0 spiro atoms. The molecule has 0 saturated carbocycles. The fourth-order valence-electron chi connectivity index (χ4n) is 4.00. The summed E-state index contributed by atoms with van der Waals surface area (Å²) in [6.07, 6.45) is 9.48. The van der Waals surface area contributed by atoms with Crippen molar-refractivity contribution in [1.29, 1.82) is 0 Å². The van der Waals surface area contributed by atoms with Crippen LogP contribution in [0.3, 0.4) is 0 Å². The summed E-state index contributed by atoms with van der Waals surface area (Å²) in [6.45, 7) is 3.94. The van der Waals surface area contributed by atoms with Crippen molar-refractivity contribution in [2.24, 2.45) is 4.99 Å². The van der Waals surface area contributed by atoms with Crippen molar-refractivity contribution >= 4 is 29.2 Å². The maximum atomic E-state index is 5.42. The zero-order valence-corrected chi connectivity index (χ0v) is 16.9. The fourth-order valence-corrected chi connectivity index (χ4v) is 4.00. The predicted octanol–water partition coefficient (Wildman–Crippen LogP) is 3.30. The molecule has 31 heavy (non-hydrogen) atoms. The van der Waals surface area contributed by atoms with Gasteiger partial charge < -0.3 is 19.4 Å². The molecular formula is C23H21N7O. The van der Waals surface area contributed by atoms with Gasteiger partial charge in [0.25, 0.3) is 0 Å². The van der Waals surface area contributed by atoms with Crippen molar-refractivity contribution in [1.82, 2.24) is 19.4 Å². The van der Waals surface area contributed by atoms with E-state index in [2.05, 4.69) is 43.4 Å². The average Bonchev–Trinajstić information content (AvgIpc) is 3.49. The third-order valence-corrected chi connectivity index (χ3v) is 5.65. The van der Waals surface area contributed by atoms with E-state index in [0.29, 0.717) is 5.82 Å². The number of morpholine rings is 1. The van der Waals surface area contributed by atoms with Gasteiger partial charge in [-0.3, -0.25) is 4.99 Å². The Labute approximate surface area is 179 Å². The minimum Gasteiger partial charge on any atom is -0.378 e. The van der Waals surface area contributed by atoms with E-state index in [9.17, 15) is 0 Å². The van der Waals surface area contributed by atoms with Crippen LogP contribution in [0, 0.1) is 0 Å². The van der Waals surface area contributed by atoms with Crippen molar-refractivity contribution in [2.45, 2.75) is 6.54 Å². The van der Waals surface area contributed by atoms with E-state index in [0.717, 1.165) is 61.3 Å². The second-order valence-electron chi connectivity index (χ2n) is 7.65. The standard InChI is InChI=1S/C23H21N7O/c1-2-17-12-24-13-18(17)11-16(1)20-15-30-6-5-25-23(30)22(28-20)27-19-3-4-21(26-14-19)29-7-9-31-10-8-29/h1-6,11-12,14-15H,7-10,13H2,(H,27,28). The molecule has 0 aliphatic carbocycles. The summed E-state index contributed by atoms with van der Waals surface area (Å²) in [5.41, 5.74) is 5.98. The summed E-state index contributed by atoms with van der Waals surface area (Å²) in [7, 11) is 0. The normalized spacial score (nSPS) is 15.4. The van der Waals surface area contributed by atoms with Crippen LogP contribution >= 0.6 is 0 Å². The van der Waals surface area contributed by atoms with Crippen molar-refractivity contribution in [3.63, 3.8) is 0 Å². The molecule has 2 aliphatic heterocycles. The first-order valence-corrected chi connectivity index (χ1v) is 10.4. The van der Waals surface area contributed by atoms with Gasteiger partial charge in [-0.2, -0.15) is 0 Å². The van der Waals surface area contributed by atoms with E-state index in [1.807, 2.05) is 41.3 Å². The molecule has 0 atom stereocenters. The van der Waals surface area contributed by atoms with E-state index in [1.165, 1.54) is 11.1 Å². The van der Waals surface area contributed by atoms with Crippen molar-refractivity contribution in [3.05, 3.63) is 66.2 Å². The zero-order valence-electron chi connectivity index (χ0n) is 16.9. The van der Waals surface area contributed by atoms with E-state index in [4.69, 9.17) is 9.72 Å². The van der Waals surface area contributed by atoms with Crippen molar-refractivity contribution in [2.75, 3.05) is 36.5 Å². The summed E-state index contributed by atoms with van der Waals surface area (Å²) in [6, 6.07) is 10.4. The van der Waals surface area contributed by atoms with Gasteiger partial charge >= 0.3 is 0 Å². The molecule has 0 bridgehead atoms. The number of fused-ring (bicyclic) bond motifs is 2. The molecule has 1 saturated heterocycles. The third-order valence-electron chi connectivity index (χ3n) is 5.65. The van der Waals surface area contributed by atoms with Gasteiger partial charge in [0.1, 0.15) is 5.82 Å². The molecule has 0 unspecified atom stereocenters. The van der Waals surface area contributed by atoms with Crippen LogP contribution in [0.25, 0.3) is 16.9 Å². The molecule has 3 aromatic heterocycles. The van der Waals surface area contributed by atoms with Gasteiger partial charge in [0.2, 0.25) is 0 Å². The highest BCUT2D eigenvalue weighted by atomic mass is 16.5. The van der Waals surface area contributed by atoms with Crippen LogP contribution in [0.15, 0.2) is 60.1 Å². The molecule has 1 N–H and O–H groups in total. The van der Waals surface area contributed by atoms with Gasteiger partial charge in [-0.15, -0.1) is 0 Å². The van der Waals surface area contributed by atoms with Gasteiger partial charge in [0.05, 0.1) is 37.3 Å². The maximum Gasteiger partial charge on any atom is 0.180 e. The third kappa shape index (κ3) is 3.40. The Balaban J connectivity index is 1.32. The van der Waals surface area contributed by atoms with Crippen LogP contribution in [0.2, 0.25) is 0 Å². The number of benzene rings is 1. The number of pyridine rings is 1. The molecule has 1 aromatic carbocycles.